The van der Waals surface area contributed by atoms with Gasteiger partial charge in [0, 0.05) is 5.56 Å². The van der Waals surface area contributed by atoms with Crippen molar-refractivity contribution in [3.63, 3.8) is 0 Å². The summed E-state index contributed by atoms with van der Waals surface area (Å²) in [4.78, 5) is 10.8. The summed E-state index contributed by atoms with van der Waals surface area (Å²) in [5.41, 5.74) is 6.74. The van der Waals surface area contributed by atoms with Crippen LogP contribution >= 0.6 is 0 Å². The first-order valence-electron chi connectivity index (χ1n) is 3.97. The van der Waals surface area contributed by atoms with E-state index in [2.05, 4.69) is 6.92 Å². The van der Waals surface area contributed by atoms with E-state index in [1.54, 1.807) is 12.1 Å². The minimum Gasteiger partial charge on any atom is -0.366 e. The van der Waals surface area contributed by atoms with Crippen molar-refractivity contribution in [2.75, 3.05) is 0 Å². The number of hydrogen-bond acceptors (Lipinski definition) is 1. The molecule has 1 aromatic carbocycles. The van der Waals surface area contributed by atoms with Crippen molar-refractivity contribution < 1.29 is 4.79 Å². The Labute approximate surface area is 72.4 Å². The van der Waals surface area contributed by atoms with Crippen LogP contribution in [0.1, 0.15) is 29.3 Å². The van der Waals surface area contributed by atoms with Crippen LogP contribution in [0.4, 0.5) is 0 Å². The maximum Gasteiger partial charge on any atom is 0.248 e. The van der Waals surface area contributed by atoms with Gasteiger partial charge in [0.05, 0.1) is 0 Å². The van der Waals surface area contributed by atoms with Crippen molar-refractivity contribution >= 4 is 5.91 Å². The smallest absolute Gasteiger partial charge is 0.248 e. The van der Waals surface area contributed by atoms with Crippen molar-refractivity contribution in [3.05, 3.63) is 41.8 Å². The van der Waals surface area contributed by atoms with Gasteiger partial charge in [-0.1, -0.05) is 19.1 Å². The molecule has 0 aliphatic heterocycles. The Kier molecular flexibility index (Phi) is 2.86. The third kappa shape index (κ3) is 2.09. The first-order chi connectivity index (χ1) is 5.74. The molecule has 0 unspecified atom stereocenters. The molecule has 0 atom stereocenters. The molecule has 0 saturated heterocycles. The van der Waals surface area contributed by atoms with Crippen molar-refractivity contribution in [2.24, 2.45) is 5.73 Å². The Morgan fingerprint density at radius 3 is 2.92 bits per heavy atom. The fourth-order valence-electron chi connectivity index (χ4n) is 1.05. The van der Waals surface area contributed by atoms with Crippen LogP contribution < -0.4 is 5.73 Å². The lowest BCUT2D eigenvalue weighted by atomic mass is 10.1. The van der Waals surface area contributed by atoms with Crippen LogP contribution in [0.25, 0.3) is 0 Å². The van der Waals surface area contributed by atoms with Crippen molar-refractivity contribution in [1.29, 1.82) is 0 Å². The van der Waals surface area contributed by atoms with Gasteiger partial charge >= 0.3 is 0 Å². The molecule has 0 aliphatic rings. The van der Waals surface area contributed by atoms with E-state index < -0.39 is 0 Å². The van der Waals surface area contributed by atoms with Crippen LogP contribution in [0, 0.1) is 6.42 Å². The quantitative estimate of drug-likeness (QED) is 0.722. The summed E-state index contributed by atoms with van der Waals surface area (Å²) in [5, 5.41) is 0. The van der Waals surface area contributed by atoms with Gasteiger partial charge in [0.15, 0.2) is 0 Å². The monoisotopic (exact) mass is 162 g/mol. The van der Waals surface area contributed by atoms with E-state index in [4.69, 9.17) is 5.73 Å². The van der Waals surface area contributed by atoms with Gasteiger partial charge in [-0.3, -0.25) is 4.79 Å². The van der Waals surface area contributed by atoms with E-state index in [0.717, 1.165) is 12.0 Å². The van der Waals surface area contributed by atoms with Gasteiger partial charge in [0.2, 0.25) is 5.91 Å². The standard InChI is InChI=1S/C10H12NO/c1-2-4-8-5-3-6-9(7-8)10(11)12/h3-7H,2H2,1H3,(H2,11,12). The second-order valence-corrected chi connectivity index (χ2v) is 2.60. The molecule has 1 rings (SSSR count). The molecule has 0 fully saturated rings. The van der Waals surface area contributed by atoms with Gasteiger partial charge in [-0.2, -0.15) is 0 Å². The summed E-state index contributed by atoms with van der Waals surface area (Å²) in [6, 6.07) is 7.30. The van der Waals surface area contributed by atoms with Gasteiger partial charge in [-0.25, -0.2) is 0 Å². The zero-order valence-electron chi connectivity index (χ0n) is 7.08. The SMILES string of the molecule is CC[CH]c1cccc(C(N)=O)c1. The zero-order valence-corrected chi connectivity index (χ0v) is 7.08. The van der Waals surface area contributed by atoms with E-state index in [-0.39, 0.29) is 5.91 Å². The topological polar surface area (TPSA) is 43.1 Å². The summed E-state index contributed by atoms with van der Waals surface area (Å²) in [7, 11) is 0. The van der Waals surface area contributed by atoms with Crippen LogP contribution in [-0.2, 0) is 0 Å². The van der Waals surface area contributed by atoms with E-state index in [9.17, 15) is 4.79 Å². The van der Waals surface area contributed by atoms with E-state index in [1.165, 1.54) is 0 Å². The van der Waals surface area contributed by atoms with Gasteiger partial charge in [0.25, 0.3) is 0 Å². The van der Waals surface area contributed by atoms with Crippen LogP contribution in [0.5, 0.6) is 0 Å². The maximum absolute atomic E-state index is 10.8. The first-order valence-corrected chi connectivity index (χ1v) is 3.97. The second-order valence-electron chi connectivity index (χ2n) is 2.60. The average Bonchev–Trinajstić information content (AvgIpc) is 2.05. The molecular formula is C10H12NO. The van der Waals surface area contributed by atoms with Gasteiger partial charge in [-0.15, -0.1) is 0 Å². The molecule has 2 nitrogen and oxygen atoms in total. The molecule has 1 aromatic rings. The summed E-state index contributed by atoms with van der Waals surface area (Å²) in [6.45, 7) is 2.05. The molecule has 0 aromatic heterocycles. The Morgan fingerprint density at radius 2 is 2.33 bits per heavy atom. The molecule has 2 N–H and O–H groups in total. The summed E-state index contributed by atoms with van der Waals surface area (Å²) in [5.74, 6) is -0.374. The number of amides is 1. The first kappa shape index (κ1) is 8.78. The highest BCUT2D eigenvalue weighted by atomic mass is 16.1. The van der Waals surface area contributed by atoms with E-state index in [0.29, 0.717) is 5.56 Å². The fraction of sp³-hybridized carbons (Fsp3) is 0.200. The largest absolute Gasteiger partial charge is 0.366 e. The molecule has 1 amide bonds. The minimum atomic E-state index is -0.374. The van der Waals surface area contributed by atoms with Crippen molar-refractivity contribution in [2.45, 2.75) is 13.3 Å². The van der Waals surface area contributed by atoms with Crippen LogP contribution in [0.2, 0.25) is 0 Å². The Balaban J connectivity index is 2.88. The Hall–Kier alpha value is -1.31. The molecule has 1 radical (unpaired) electrons. The van der Waals surface area contributed by atoms with Gasteiger partial charge < -0.3 is 5.73 Å². The van der Waals surface area contributed by atoms with Crippen molar-refractivity contribution in [3.8, 4) is 0 Å². The lowest BCUT2D eigenvalue weighted by molar-refractivity contribution is 0.100. The second kappa shape index (κ2) is 3.90. The predicted molar refractivity (Wildman–Crippen MR) is 48.7 cm³/mol. The van der Waals surface area contributed by atoms with Gasteiger partial charge in [-0.05, 0) is 30.5 Å². The van der Waals surface area contributed by atoms with Crippen LogP contribution in [-0.4, -0.2) is 5.91 Å². The molecule has 0 saturated carbocycles. The Morgan fingerprint density at radius 1 is 1.58 bits per heavy atom. The summed E-state index contributed by atoms with van der Waals surface area (Å²) >= 11 is 0. The molecule has 0 aliphatic carbocycles. The molecule has 2 heteroatoms. The molecule has 0 heterocycles. The van der Waals surface area contributed by atoms with Crippen molar-refractivity contribution in [1.82, 2.24) is 0 Å². The van der Waals surface area contributed by atoms with E-state index >= 15 is 0 Å². The minimum absolute atomic E-state index is 0.374. The molecule has 0 bridgehead atoms. The molecule has 0 spiro atoms. The molecule has 12 heavy (non-hydrogen) atoms. The third-order valence-corrected chi connectivity index (χ3v) is 1.61. The lowest BCUT2D eigenvalue weighted by Crippen LogP contribution is -2.10. The summed E-state index contributed by atoms with van der Waals surface area (Å²) < 4.78 is 0. The lowest BCUT2D eigenvalue weighted by Gasteiger charge is -1.99. The highest BCUT2D eigenvalue weighted by molar-refractivity contribution is 5.92. The predicted octanol–water partition coefficient (Wildman–Crippen LogP) is 1.75. The zero-order chi connectivity index (χ0) is 8.97. The maximum atomic E-state index is 10.8. The highest BCUT2D eigenvalue weighted by Gasteiger charge is 1.99. The van der Waals surface area contributed by atoms with Gasteiger partial charge in [0.1, 0.15) is 0 Å². The summed E-state index contributed by atoms with van der Waals surface area (Å²) in [6.07, 6.45) is 3.01. The Bertz CT molecular complexity index is 281. The van der Waals surface area contributed by atoms with Crippen LogP contribution in [0.3, 0.4) is 0 Å². The number of carbonyl (C=O) groups excluding carboxylic acids is 1. The molecular weight excluding hydrogens is 150 g/mol. The average molecular weight is 162 g/mol. The third-order valence-electron chi connectivity index (χ3n) is 1.61. The number of benzene rings is 1. The molecule has 63 valence electrons. The number of rotatable bonds is 3. The number of primary amides is 1. The van der Waals surface area contributed by atoms with Crippen LogP contribution in [0.15, 0.2) is 24.3 Å². The van der Waals surface area contributed by atoms with E-state index in [1.807, 2.05) is 18.6 Å². The number of hydrogen-bond donors (Lipinski definition) is 1. The number of carbonyl (C=O) groups is 1. The normalized spacial score (nSPS) is 9.75. The fourth-order valence-corrected chi connectivity index (χ4v) is 1.05. The highest BCUT2D eigenvalue weighted by Crippen LogP contribution is 2.08. The number of nitrogens with two attached hydrogens (primary N) is 1.